The van der Waals surface area contributed by atoms with E-state index in [4.69, 9.17) is 18.9 Å². The van der Waals surface area contributed by atoms with Crippen LogP contribution in [0.15, 0.2) is 30.3 Å². The molecular formula is C19H23NO5. The first-order valence-corrected chi connectivity index (χ1v) is 7.69. The van der Waals surface area contributed by atoms with Gasteiger partial charge in [0.2, 0.25) is 5.75 Å². The zero-order chi connectivity index (χ0) is 18.6. The van der Waals surface area contributed by atoms with Crippen molar-refractivity contribution in [3.8, 4) is 23.0 Å². The Hall–Kier alpha value is -2.89. The third-order valence-electron chi connectivity index (χ3n) is 4.00. The Labute approximate surface area is 147 Å². The van der Waals surface area contributed by atoms with Crippen molar-refractivity contribution in [3.63, 3.8) is 0 Å². The van der Waals surface area contributed by atoms with Gasteiger partial charge < -0.3 is 23.8 Å². The van der Waals surface area contributed by atoms with Crippen molar-refractivity contribution in [1.82, 2.24) is 0 Å². The zero-order valence-corrected chi connectivity index (χ0v) is 15.4. The summed E-state index contributed by atoms with van der Waals surface area (Å²) in [6, 6.07) is 8.81. The highest BCUT2D eigenvalue weighted by molar-refractivity contribution is 6.06. The molecule has 2 rings (SSSR count). The van der Waals surface area contributed by atoms with Gasteiger partial charge in [-0.05, 0) is 24.6 Å². The van der Waals surface area contributed by atoms with Crippen molar-refractivity contribution in [1.29, 1.82) is 0 Å². The van der Waals surface area contributed by atoms with Crippen LogP contribution >= 0.6 is 0 Å². The summed E-state index contributed by atoms with van der Waals surface area (Å²) in [5, 5.41) is 0. The van der Waals surface area contributed by atoms with Gasteiger partial charge in [-0.3, -0.25) is 4.79 Å². The molecule has 0 heterocycles. The Kier molecular flexibility index (Phi) is 5.75. The van der Waals surface area contributed by atoms with E-state index in [9.17, 15) is 4.79 Å². The molecule has 0 N–H and O–H groups in total. The zero-order valence-electron chi connectivity index (χ0n) is 15.4. The van der Waals surface area contributed by atoms with Crippen LogP contribution in [0.1, 0.15) is 15.9 Å². The maximum Gasteiger partial charge on any atom is 0.258 e. The Bertz CT molecular complexity index is 747. The van der Waals surface area contributed by atoms with Crippen LogP contribution in [0, 0.1) is 6.92 Å². The van der Waals surface area contributed by atoms with Gasteiger partial charge in [0, 0.05) is 24.7 Å². The minimum absolute atomic E-state index is 0.174. The average molecular weight is 345 g/mol. The molecule has 6 heteroatoms. The SMILES string of the molecule is COc1cc(C(=O)N(C)c2cc(OC)c(OC)c(OC)c2)ccc1C. The standard InChI is InChI=1S/C19H23NO5/c1-12-7-8-13(9-15(12)22-3)19(21)20(2)14-10-16(23-4)18(25-6)17(11-14)24-5/h7-11H,1-6H3. The van der Waals surface area contributed by atoms with Gasteiger partial charge in [0.1, 0.15) is 5.75 Å². The average Bonchev–Trinajstić information content (AvgIpc) is 2.65. The van der Waals surface area contributed by atoms with Crippen molar-refractivity contribution < 1.29 is 23.7 Å². The number of ether oxygens (including phenoxy) is 4. The van der Waals surface area contributed by atoms with Gasteiger partial charge in [0.15, 0.2) is 11.5 Å². The molecule has 0 aliphatic heterocycles. The molecule has 0 spiro atoms. The van der Waals surface area contributed by atoms with Crippen LogP contribution in [0.5, 0.6) is 23.0 Å². The summed E-state index contributed by atoms with van der Waals surface area (Å²) in [4.78, 5) is 14.4. The van der Waals surface area contributed by atoms with E-state index in [1.807, 2.05) is 13.0 Å². The number of carbonyl (C=O) groups excluding carboxylic acids is 1. The smallest absolute Gasteiger partial charge is 0.258 e. The van der Waals surface area contributed by atoms with Crippen molar-refractivity contribution in [2.24, 2.45) is 0 Å². The number of benzene rings is 2. The molecule has 0 bridgehead atoms. The van der Waals surface area contributed by atoms with Gasteiger partial charge in [0.05, 0.1) is 34.1 Å². The fourth-order valence-corrected chi connectivity index (χ4v) is 2.52. The van der Waals surface area contributed by atoms with Crippen LogP contribution < -0.4 is 23.8 Å². The highest BCUT2D eigenvalue weighted by atomic mass is 16.5. The minimum atomic E-state index is -0.174. The molecule has 134 valence electrons. The minimum Gasteiger partial charge on any atom is -0.496 e. The van der Waals surface area contributed by atoms with E-state index in [1.165, 1.54) is 26.2 Å². The van der Waals surface area contributed by atoms with Gasteiger partial charge in [-0.1, -0.05) is 6.07 Å². The first-order valence-electron chi connectivity index (χ1n) is 7.69. The fraction of sp³-hybridized carbons (Fsp3) is 0.316. The highest BCUT2D eigenvalue weighted by Gasteiger charge is 2.20. The highest BCUT2D eigenvalue weighted by Crippen LogP contribution is 2.41. The van der Waals surface area contributed by atoms with Crippen LogP contribution in [0.4, 0.5) is 5.69 Å². The summed E-state index contributed by atoms with van der Waals surface area (Å²) >= 11 is 0. The molecule has 0 aromatic heterocycles. The Morgan fingerprint density at radius 1 is 0.840 bits per heavy atom. The number of carbonyl (C=O) groups is 1. The van der Waals surface area contributed by atoms with Gasteiger partial charge in [-0.15, -0.1) is 0 Å². The maximum atomic E-state index is 12.8. The number of anilines is 1. The van der Waals surface area contributed by atoms with E-state index in [1.54, 1.807) is 38.4 Å². The first kappa shape index (κ1) is 18.4. The Morgan fingerprint density at radius 3 is 1.88 bits per heavy atom. The second-order valence-electron chi connectivity index (χ2n) is 5.43. The second-order valence-corrected chi connectivity index (χ2v) is 5.43. The molecule has 6 nitrogen and oxygen atoms in total. The Morgan fingerprint density at radius 2 is 1.40 bits per heavy atom. The maximum absolute atomic E-state index is 12.8. The van der Waals surface area contributed by atoms with Crippen molar-refractivity contribution in [2.45, 2.75) is 6.92 Å². The number of nitrogens with zero attached hydrogens (tertiary/aromatic N) is 1. The summed E-state index contributed by atoms with van der Waals surface area (Å²) in [5.41, 5.74) is 2.12. The van der Waals surface area contributed by atoms with E-state index < -0.39 is 0 Å². The van der Waals surface area contributed by atoms with Crippen LogP contribution in [-0.2, 0) is 0 Å². The first-order chi connectivity index (χ1) is 12.0. The number of hydrogen-bond donors (Lipinski definition) is 0. The van der Waals surface area contributed by atoms with E-state index in [0.717, 1.165) is 5.56 Å². The fourth-order valence-electron chi connectivity index (χ4n) is 2.52. The van der Waals surface area contributed by atoms with Crippen molar-refractivity contribution in [3.05, 3.63) is 41.5 Å². The molecule has 1 amide bonds. The molecule has 0 aliphatic rings. The lowest BCUT2D eigenvalue weighted by atomic mass is 10.1. The molecule has 2 aromatic carbocycles. The summed E-state index contributed by atoms with van der Waals surface area (Å²) in [5.74, 6) is 1.94. The largest absolute Gasteiger partial charge is 0.496 e. The molecule has 0 radical (unpaired) electrons. The second kappa shape index (κ2) is 7.79. The molecule has 0 unspecified atom stereocenters. The monoisotopic (exact) mass is 345 g/mol. The third-order valence-corrected chi connectivity index (χ3v) is 4.00. The van der Waals surface area contributed by atoms with Crippen LogP contribution in [0.25, 0.3) is 0 Å². The number of amides is 1. The predicted molar refractivity (Wildman–Crippen MR) is 96.6 cm³/mol. The third kappa shape index (κ3) is 3.63. The predicted octanol–water partition coefficient (Wildman–Crippen LogP) is 3.31. The summed E-state index contributed by atoms with van der Waals surface area (Å²) in [6.07, 6.45) is 0. The van der Waals surface area contributed by atoms with Gasteiger partial charge in [-0.25, -0.2) is 0 Å². The summed E-state index contributed by atoms with van der Waals surface area (Å²) < 4.78 is 21.3. The lowest BCUT2D eigenvalue weighted by Gasteiger charge is -2.21. The van der Waals surface area contributed by atoms with Gasteiger partial charge >= 0.3 is 0 Å². The molecular weight excluding hydrogens is 322 g/mol. The molecule has 0 atom stereocenters. The van der Waals surface area contributed by atoms with E-state index in [-0.39, 0.29) is 5.91 Å². The van der Waals surface area contributed by atoms with Gasteiger partial charge in [0.25, 0.3) is 5.91 Å². The van der Waals surface area contributed by atoms with Crippen LogP contribution in [0.3, 0.4) is 0 Å². The van der Waals surface area contributed by atoms with Crippen LogP contribution in [0.2, 0.25) is 0 Å². The Balaban J connectivity index is 2.42. The summed E-state index contributed by atoms with van der Waals surface area (Å²) in [6.45, 7) is 1.93. The number of hydrogen-bond acceptors (Lipinski definition) is 5. The lowest BCUT2D eigenvalue weighted by Crippen LogP contribution is -2.26. The topological polar surface area (TPSA) is 57.2 Å². The normalized spacial score (nSPS) is 10.2. The quantitative estimate of drug-likeness (QED) is 0.804. The van der Waals surface area contributed by atoms with Crippen molar-refractivity contribution >= 4 is 11.6 Å². The summed E-state index contributed by atoms with van der Waals surface area (Å²) in [7, 11) is 7.88. The number of methoxy groups -OCH3 is 4. The lowest BCUT2D eigenvalue weighted by molar-refractivity contribution is 0.0992. The van der Waals surface area contributed by atoms with E-state index in [0.29, 0.717) is 34.2 Å². The molecule has 25 heavy (non-hydrogen) atoms. The molecule has 0 saturated carbocycles. The molecule has 0 saturated heterocycles. The molecule has 2 aromatic rings. The molecule has 0 aliphatic carbocycles. The molecule has 0 fully saturated rings. The van der Waals surface area contributed by atoms with Crippen molar-refractivity contribution in [2.75, 3.05) is 40.4 Å². The van der Waals surface area contributed by atoms with E-state index >= 15 is 0 Å². The number of rotatable bonds is 6. The van der Waals surface area contributed by atoms with Crippen LogP contribution in [-0.4, -0.2) is 41.4 Å². The van der Waals surface area contributed by atoms with Gasteiger partial charge in [-0.2, -0.15) is 0 Å². The van der Waals surface area contributed by atoms with E-state index in [2.05, 4.69) is 0 Å². The number of aryl methyl sites for hydroxylation is 1.